The zero-order chi connectivity index (χ0) is 20.0. The van der Waals surface area contributed by atoms with E-state index in [9.17, 15) is 13.2 Å². The van der Waals surface area contributed by atoms with E-state index in [4.69, 9.17) is 4.74 Å². The van der Waals surface area contributed by atoms with E-state index < -0.39 is 10.0 Å². The number of fused-ring (bicyclic) bond motifs is 1. The highest BCUT2D eigenvalue weighted by atomic mass is 32.2. The topological polar surface area (TPSA) is 85.4 Å². The number of esters is 1. The fourth-order valence-electron chi connectivity index (χ4n) is 2.64. The van der Waals surface area contributed by atoms with Crippen LogP contribution in [0.1, 0.15) is 18.2 Å². The Morgan fingerprint density at radius 2 is 2.00 bits per heavy atom. The lowest BCUT2D eigenvalue weighted by atomic mass is 10.0. The van der Waals surface area contributed by atoms with Crippen LogP contribution in [0.25, 0.3) is 16.8 Å². The lowest BCUT2D eigenvalue weighted by Crippen LogP contribution is -2.15. The Morgan fingerprint density at radius 3 is 2.82 bits per heavy atom. The van der Waals surface area contributed by atoms with Crippen molar-refractivity contribution in [3.8, 4) is 0 Å². The van der Waals surface area contributed by atoms with E-state index in [1.165, 1.54) is 18.3 Å². The van der Waals surface area contributed by atoms with Crippen LogP contribution in [0.15, 0.2) is 53.9 Å². The van der Waals surface area contributed by atoms with Crippen molar-refractivity contribution in [1.82, 2.24) is 4.98 Å². The fourth-order valence-corrected chi connectivity index (χ4v) is 4.55. The van der Waals surface area contributed by atoms with Gasteiger partial charge in [0, 0.05) is 18.7 Å². The fraction of sp³-hybridized carbons (Fsp3) is 0.200. The van der Waals surface area contributed by atoms with Gasteiger partial charge >= 0.3 is 5.97 Å². The van der Waals surface area contributed by atoms with Gasteiger partial charge in [-0.3, -0.25) is 9.52 Å². The Kier molecular flexibility index (Phi) is 6.43. The molecular weight excluding hydrogens is 396 g/mol. The van der Waals surface area contributed by atoms with E-state index >= 15 is 0 Å². The first kappa shape index (κ1) is 20.0. The van der Waals surface area contributed by atoms with Crippen LogP contribution in [0.4, 0.5) is 5.13 Å². The van der Waals surface area contributed by atoms with Crippen molar-refractivity contribution in [1.29, 1.82) is 0 Å². The summed E-state index contributed by atoms with van der Waals surface area (Å²) in [6.07, 6.45) is 3.88. The number of thiazole rings is 1. The van der Waals surface area contributed by atoms with Crippen LogP contribution >= 0.6 is 11.3 Å². The van der Waals surface area contributed by atoms with E-state index in [0.29, 0.717) is 17.2 Å². The van der Waals surface area contributed by atoms with Crippen molar-refractivity contribution >= 4 is 49.3 Å². The van der Waals surface area contributed by atoms with Crippen molar-refractivity contribution < 1.29 is 17.9 Å². The third-order valence-electron chi connectivity index (χ3n) is 3.89. The first-order valence-electron chi connectivity index (χ1n) is 8.65. The summed E-state index contributed by atoms with van der Waals surface area (Å²) < 4.78 is 31.9. The summed E-state index contributed by atoms with van der Waals surface area (Å²) in [6.45, 7) is 1.56. The number of nitrogens with one attached hydrogen (secondary N) is 1. The maximum absolute atomic E-state index is 12.3. The van der Waals surface area contributed by atoms with E-state index in [1.807, 2.05) is 48.5 Å². The van der Waals surface area contributed by atoms with Crippen molar-refractivity contribution in [3.05, 3.63) is 65.2 Å². The molecule has 0 saturated carbocycles. The molecule has 28 heavy (non-hydrogen) atoms. The summed E-state index contributed by atoms with van der Waals surface area (Å²) in [6, 6.07) is 13.9. The number of benzene rings is 2. The number of nitrogens with zero attached hydrogens (tertiary/aromatic N) is 1. The molecule has 1 N–H and O–H groups in total. The molecule has 2 aromatic carbocycles. The molecule has 0 radical (unpaired) electrons. The number of sulfonamides is 1. The third kappa shape index (κ3) is 5.64. The number of ether oxygens (including phenoxy) is 1. The molecule has 0 spiro atoms. The smallest absolute Gasteiger partial charge is 0.302 e. The molecule has 0 aliphatic carbocycles. The number of hydrogen-bond acceptors (Lipinski definition) is 6. The second-order valence-electron chi connectivity index (χ2n) is 6.09. The van der Waals surface area contributed by atoms with Crippen LogP contribution < -0.4 is 4.72 Å². The van der Waals surface area contributed by atoms with Gasteiger partial charge in [-0.25, -0.2) is 13.4 Å². The average molecular weight is 417 g/mol. The van der Waals surface area contributed by atoms with Gasteiger partial charge in [0.15, 0.2) is 5.13 Å². The Labute approximate surface area is 167 Å². The van der Waals surface area contributed by atoms with Gasteiger partial charge in [-0.1, -0.05) is 54.6 Å². The number of carbonyl (C=O) groups excluding carboxylic acids is 1. The van der Waals surface area contributed by atoms with Crippen LogP contribution in [-0.4, -0.2) is 31.7 Å². The molecule has 3 aromatic rings. The molecule has 0 bridgehead atoms. The third-order valence-corrected chi connectivity index (χ3v) is 5.97. The zero-order valence-corrected chi connectivity index (χ0v) is 16.9. The summed E-state index contributed by atoms with van der Waals surface area (Å²) in [5.41, 5.74) is 1.64. The first-order chi connectivity index (χ1) is 13.4. The van der Waals surface area contributed by atoms with Gasteiger partial charge in [0.1, 0.15) is 0 Å². The van der Waals surface area contributed by atoms with Gasteiger partial charge in [-0.15, -0.1) is 11.3 Å². The number of aromatic nitrogens is 1. The molecule has 0 aliphatic heterocycles. The SMILES string of the molecule is CC(=O)OCCc1csc(NS(=O)(=O)CC=Cc2cccc3ccccc23)n1. The van der Waals surface area contributed by atoms with E-state index in [-0.39, 0.29) is 18.3 Å². The predicted octanol–water partition coefficient (Wildman–Crippen LogP) is 3.86. The largest absolute Gasteiger partial charge is 0.465 e. The van der Waals surface area contributed by atoms with E-state index in [1.54, 1.807) is 11.5 Å². The molecule has 0 unspecified atom stereocenters. The van der Waals surface area contributed by atoms with Crippen LogP contribution in [-0.2, 0) is 26.0 Å². The number of hydrogen-bond donors (Lipinski definition) is 1. The highest BCUT2D eigenvalue weighted by Gasteiger charge is 2.11. The molecule has 3 rings (SSSR count). The summed E-state index contributed by atoms with van der Waals surface area (Å²) in [5.74, 6) is -0.507. The van der Waals surface area contributed by atoms with Crippen molar-refractivity contribution in [2.45, 2.75) is 13.3 Å². The second kappa shape index (κ2) is 8.99. The molecule has 0 atom stereocenters. The normalized spacial score (nSPS) is 11.8. The molecular formula is C20H20N2O4S2. The highest BCUT2D eigenvalue weighted by molar-refractivity contribution is 7.93. The number of rotatable bonds is 8. The predicted molar refractivity (Wildman–Crippen MR) is 113 cm³/mol. The molecule has 8 heteroatoms. The standard InChI is InChI=1S/C20H20N2O4S2/c1-15(23)26-12-11-18-14-27-20(21-18)22-28(24,25)13-5-9-17-8-4-7-16-6-2-3-10-19(16)17/h2-10,14H,11-13H2,1H3,(H,21,22). The molecule has 6 nitrogen and oxygen atoms in total. The minimum Gasteiger partial charge on any atom is -0.465 e. The van der Waals surface area contributed by atoms with Gasteiger partial charge in [0.2, 0.25) is 10.0 Å². The molecule has 0 aliphatic rings. The van der Waals surface area contributed by atoms with Crippen molar-refractivity contribution in [2.24, 2.45) is 0 Å². The van der Waals surface area contributed by atoms with Crippen LogP contribution in [0.3, 0.4) is 0 Å². The minimum atomic E-state index is -3.55. The Bertz CT molecular complexity index is 1100. The van der Waals surface area contributed by atoms with Crippen molar-refractivity contribution in [3.63, 3.8) is 0 Å². The second-order valence-corrected chi connectivity index (χ2v) is 8.71. The van der Waals surface area contributed by atoms with Crippen molar-refractivity contribution in [2.75, 3.05) is 17.1 Å². The molecule has 146 valence electrons. The van der Waals surface area contributed by atoms with Gasteiger partial charge < -0.3 is 4.74 Å². The van der Waals surface area contributed by atoms with Crippen LogP contribution in [0, 0.1) is 0 Å². The van der Waals surface area contributed by atoms with Crippen LogP contribution in [0.5, 0.6) is 0 Å². The van der Waals surface area contributed by atoms with Crippen LogP contribution in [0.2, 0.25) is 0 Å². The lowest BCUT2D eigenvalue weighted by Gasteiger charge is -2.03. The maximum atomic E-state index is 12.3. The Morgan fingerprint density at radius 1 is 1.21 bits per heavy atom. The summed E-state index contributed by atoms with van der Waals surface area (Å²) in [5, 5.41) is 4.22. The van der Waals surface area contributed by atoms with E-state index in [0.717, 1.165) is 16.3 Å². The number of anilines is 1. The first-order valence-corrected chi connectivity index (χ1v) is 11.2. The number of carbonyl (C=O) groups is 1. The van der Waals surface area contributed by atoms with Gasteiger partial charge in [-0.2, -0.15) is 0 Å². The molecule has 0 saturated heterocycles. The van der Waals surface area contributed by atoms with Gasteiger partial charge in [0.05, 0.1) is 18.1 Å². The Hall–Kier alpha value is -2.71. The zero-order valence-electron chi connectivity index (χ0n) is 15.3. The quantitative estimate of drug-likeness (QED) is 0.564. The molecule has 0 amide bonds. The average Bonchev–Trinajstić information content (AvgIpc) is 3.08. The highest BCUT2D eigenvalue weighted by Crippen LogP contribution is 2.20. The van der Waals surface area contributed by atoms with Gasteiger partial charge in [0.25, 0.3) is 0 Å². The summed E-state index contributed by atoms with van der Waals surface area (Å²) in [7, 11) is -3.55. The lowest BCUT2D eigenvalue weighted by molar-refractivity contribution is -0.140. The minimum absolute atomic E-state index is 0.154. The molecule has 0 fully saturated rings. The monoisotopic (exact) mass is 416 g/mol. The van der Waals surface area contributed by atoms with E-state index in [2.05, 4.69) is 9.71 Å². The Balaban J connectivity index is 1.60. The summed E-state index contributed by atoms with van der Waals surface area (Å²) in [4.78, 5) is 15.0. The molecule has 1 heterocycles. The maximum Gasteiger partial charge on any atom is 0.302 e. The van der Waals surface area contributed by atoms with Gasteiger partial charge in [-0.05, 0) is 16.3 Å². The summed E-state index contributed by atoms with van der Waals surface area (Å²) >= 11 is 1.20. The molecule has 1 aromatic heterocycles.